The number of aryl methyl sites for hydroxylation is 2. The molecule has 2 atom stereocenters. The highest BCUT2D eigenvalue weighted by atomic mass is 35.5. The van der Waals surface area contributed by atoms with Crippen LogP contribution in [0.5, 0.6) is 5.75 Å². The lowest BCUT2D eigenvalue weighted by Gasteiger charge is -2.47. The average molecular weight is 639 g/mol. The molecule has 12 heteroatoms. The molecule has 0 spiro atoms. The molecular formula is C34H35ClN8O3. The molecule has 2 aliphatic rings. The van der Waals surface area contributed by atoms with Crippen LogP contribution in [0.4, 0.5) is 5.82 Å². The molecular weight excluding hydrogens is 604 g/mol. The number of carbonyl (C=O) groups is 1. The van der Waals surface area contributed by atoms with Gasteiger partial charge in [-0.25, -0.2) is 14.3 Å². The first-order chi connectivity index (χ1) is 22.1. The summed E-state index contributed by atoms with van der Waals surface area (Å²) in [5, 5.41) is 9.04. The number of fused-ring (bicyclic) bond motifs is 3. The Kier molecular flexibility index (Phi) is 7.31. The van der Waals surface area contributed by atoms with E-state index in [4.69, 9.17) is 31.3 Å². The lowest BCUT2D eigenvalue weighted by Crippen LogP contribution is -2.60. The van der Waals surface area contributed by atoms with Gasteiger partial charge in [0.2, 0.25) is 5.91 Å². The van der Waals surface area contributed by atoms with Crippen molar-refractivity contribution in [3.8, 4) is 22.7 Å². The number of aromatic amines is 1. The molecule has 1 amide bonds. The molecule has 0 aliphatic carbocycles. The third kappa shape index (κ3) is 4.55. The molecule has 0 saturated carbocycles. The van der Waals surface area contributed by atoms with E-state index in [0.717, 1.165) is 33.3 Å². The Hall–Kier alpha value is -4.77. The normalized spacial score (nSPS) is 18.0. The zero-order chi connectivity index (χ0) is 32.4. The maximum atomic E-state index is 14.4. The molecule has 1 aromatic carbocycles. The molecule has 1 fully saturated rings. The summed E-state index contributed by atoms with van der Waals surface area (Å²) in [5.41, 5.74) is 5.21. The zero-order valence-electron chi connectivity index (χ0n) is 26.5. The monoisotopic (exact) mass is 638 g/mol. The molecule has 2 unspecified atom stereocenters. The van der Waals surface area contributed by atoms with Crippen LogP contribution in [0, 0.1) is 13.8 Å². The second kappa shape index (κ2) is 11.2. The molecule has 11 nitrogen and oxygen atoms in total. The molecule has 6 heterocycles. The first kappa shape index (κ1) is 29.9. The molecule has 7 rings (SSSR count). The highest BCUT2D eigenvalue weighted by Crippen LogP contribution is 2.47. The number of rotatable bonds is 4. The Morgan fingerprint density at radius 1 is 1.17 bits per heavy atom. The number of pyridine rings is 2. The maximum Gasteiger partial charge on any atom is 0.355 e. The second-order valence-electron chi connectivity index (χ2n) is 12.5. The van der Waals surface area contributed by atoms with Crippen LogP contribution in [0.2, 0.25) is 5.02 Å². The minimum Gasteiger partial charge on any atom is -0.491 e. The first-order valence-electron chi connectivity index (χ1n) is 15.5. The van der Waals surface area contributed by atoms with Crippen molar-refractivity contribution >= 4 is 45.3 Å². The van der Waals surface area contributed by atoms with Crippen LogP contribution < -0.4 is 15.3 Å². The van der Waals surface area contributed by atoms with Gasteiger partial charge in [-0.05, 0) is 56.0 Å². The number of anilines is 1. The molecule has 236 valence electrons. The van der Waals surface area contributed by atoms with Crippen LogP contribution >= 0.6 is 11.6 Å². The second-order valence-corrected chi connectivity index (χ2v) is 12.8. The Balaban J connectivity index is 1.61. The van der Waals surface area contributed by atoms with Gasteiger partial charge in [0.05, 0.1) is 41.4 Å². The summed E-state index contributed by atoms with van der Waals surface area (Å²) < 4.78 is 8.12. The Morgan fingerprint density at radius 3 is 2.74 bits per heavy atom. The number of ether oxygens (including phenoxy) is 1. The summed E-state index contributed by atoms with van der Waals surface area (Å²) in [5.74, 6) is 0.746. The van der Waals surface area contributed by atoms with Gasteiger partial charge >= 0.3 is 5.69 Å². The summed E-state index contributed by atoms with van der Waals surface area (Å²) >= 11 is 7.31. The van der Waals surface area contributed by atoms with E-state index < -0.39 is 5.69 Å². The van der Waals surface area contributed by atoms with Gasteiger partial charge < -0.3 is 14.5 Å². The highest BCUT2D eigenvalue weighted by Gasteiger charge is 2.39. The maximum absolute atomic E-state index is 14.4. The minimum atomic E-state index is -0.485. The van der Waals surface area contributed by atoms with Gasteiger partial charge in [-0.2, -0.15) is 10.1 Å². The third-order valence-corrected chi connectivity index (χ3v) is 9.46. The number of carbonyl (C=O) groups excluding carboxylic acids is 1. The van der Waals surface area contributed by atoms with Crippen LogP contribution in [-0.4, -0.2) is 72.3 Å². The van der Waals surface area contributed by atoms with Crippen molar-refractivity contribution in [2.45, 2.75) is 59.0 Å². The van der Waals surface area contributed by atoms with Gasteiger partial charge in [-0.3, -0.25) is 14.9 Å². The van der Waals surface area contributed by atoms with Gasteiger partial charge in [0.25, 0.3) is 0 Å². The summed E-state index contributed by atoms with van der Waals surface area (Å²) in [6.45, 7) is 15.0. The predicted molar refractivity (Wildman–Crippen MR) is 179 cm³/mol. The van der Waals surface area contributed by atoms with E-state index in [1.54, 1.807) is 21.9 Å². The Morgan fingerprint density at radius 2 is 1.98 bits per heavy atom. The van der Waals surface area contributed by atoms with E-state index in [2.05, 4.69) is 21.7 Å². The van der Waals surface area contributed by atoms with Crippen molar-refractivity contribution in [3.63, 3.8) is 0 Å². The summed E-state index contributed by atoms with van der Waals surface area (Å²) in [4.78, 5) is 45.7. The number of nitrogens with zero attached hydrogens (tertiary/aromatic N) is 7. The van der Waals surface area contributed by atoms with Gasteiger partial charge in [0.1, 0.15) is 16.2 Å². The van der Waals surface area contributed by atoms with E-state index in [1.807, 2.05) is 52.8 Å². The number of nitrogens with one attached hydrogen (secondary N) is 1. The number of benzene rings is 1. The SMILES string of the molecule is C=CC(=O)N1CC(C)N2c3nc(=O)n(-c4c(C)ccnc4C(C)C)c4nc(-c5c(C)ccc6[nH]ncc56)c(Cl)c(c34)OCCC2C1. The van der Waals surface area contributed by atoms with Crippen molar-refractivity contribution in [1.82, 2.24) is 34.6 Å². The quantitative estimate of drug-likeness (QED) is 0.257. The van der Waals surface area contributed by atoms with Crippen LogP contribution in [0.1, 0.15) is 49.9 Å². The average Bonchev–Trinajstić information content (AvgIpc) is 3.49. The van der Waals surface area contributed by atoms with Crippen LogP contribution in [-0.2, 0) is 4.79 Å². The number of piperazine rings is 1. The van der Waals surface area contributed by atoms with E-state index in [1.165, 1.54) is 6.08 Å². The van der Waals surface area contributed by atoms with Crippen LogP contribution in [0.15, 0.2) is 48.0 Å². The van der Waals surface area contributed by atoms with Crippen molar-refractivity contribution in [2.24, 2.45) is 0 Å². The Labute approximate surface area is 270 Å². The fourth-order valence-electron chi connectivity index (χ4n) is 7.00. The van der Waals surface area contributed by atoms with Crippen molar-refractivity contribution < 1.29 is 9.53 Å². The van der Waals surface area contributed by atoms with E-state index in [9.17, 15) is 9.59 Å². The van der Waals surface area contributed by atoms with Gasteiger partial charge in [0, 0.05) is 42.7 Å². The molecule has 0 radical (unpaired) electrons. The van der Waals surface area contributed by atoms with Crippen molar-refractivity contribution in [1.29, 1.82) is 0 Å². The lowest BCUT2D eigenvalue weighted by atomic mass is 9.98. The minimum absolute atomic E-state index is 0.0136. The van der Waals surface area contributed by atoms with Gasteiger partial charge in [-0.1, -0.05) is 38.1 Å². The summed E-state index contributed by atoms with van der Waals surface area (Å²) in [6.07, 6.45) is 5.43. The number of hydrogen-bond donors (Lipinski definition) is 1. The molecule has 1 saturated heterocycles. The molecule has 46 heavy (non-hydrogen) atoms. The van der Waals surface area contributed by atoms with Crippen LogP contribution in [0.25, 0.3) is 38.9 Å². The van der Waals surface area contributed by atoms with Crippen molar-refractivity contribution in [2.75, 3.05) is 24.6 Å². The molecule has 1 N–H and O–H groups in total. The molecule has 0 bridgehead atoms. The fraction of sp³-hybridized carbons (Fsp3) is 0.353. The standard InChI is InChI=1S/C34H35ClN8O3/c1-7-24(44)41-15-20(6)42-21(16-41)11-13-46-31-26-32(38-29(27(31)35)25-18(4)8-9-23-22(25)14-37-40-23)43(34(45)39-33(26)42)30-19(5)10-12-36-28(30)17(2)3/h7-10,12,14,17,20-21H,1,11,13,15-16H2,2-6H3,(H,37,40). The molecule has 5 aromatic rings. The summed E-state index contributed by atoms with van der Waals surface area (Å²) in [7, 11) is 0. The number of H-pyrrole nitrogens is 1. The number of amides is 1. The number of aromatic nitrogens is 6. The highest BCUT2D eigenvalue weighted by molar-refractivity contribution is 6.36. The molecule has 2 aliphatic heterocycles. The van der Waals surface area contributed by atoms with Gasteiger partial charge in [0.15, 0.2) is 11.4 Å². The smallest absolute Gasteiger partial charge is 0.355 e. The Bertz CT molecular complexity index is 2120. The fourth-order valence-corrected chi connectivity index (χ4v) is 7.28. The van der Waals surface area contributed by atoms with Crippen molar-refractivity contribution in [3.05, 3.63) is 75.6 Å². The van der Waals surface area contributed by atoms with E-state index in [0.29, 0.717) is 65.1 Å². The van der Waals surface area contributed by atoms with E-state index in [-0.39, 0.29) is 23.9 Å². The zero-order valence-corrected chi connectivity index (χ0v) is 27.2. The first-order valence-corrected chi connectivity index (χ1v) is 15.9. The number of halogens is 1. The number of hydrogen-bond acceptors (Lipinski definition) is 8. The van der Waals surface area contributed by atoms with Crippen LogP contribution in [0.3, 0.4) is 0 Å². The summed E-state index contributed by atoms with van der Waals surface area (Å²) in [6, 6.07) is 5.53. The van der Waals surface area contributed by atoms with Gasteiger partial charge in [-0.15, -0.1) is 0 Å². The van der Waals surface area contributed by atoms with E-state index >= 15 is 0 Å². The third-order valence-electron chi connectivity index (χ3n) is 9.11. The lowest BCUT2D eigenvalue weighted by molar-refractivity contribution is -0.127. The predicted octanol–water partition coefficient (Wildman–Crippen LogP) is 5.49. The largest absolute Gasteiger partial charge is 0.491 e. The topological polar surface area (TPSA) is 122 Å². The molecule has 4 aromatic heterocycles.